The highest BCUT2D eigenvalue weighted by Crippen LogP contribution is 2.44. The van der Waals surface area contributed by atoms with Gasteiger partial charge in [0.15, 0.2) is 6.61 Å². The van der Waals surface area contributed by atoms with Gasteiger partial charge in [-0.25, -0.2) is 4.79 Å². The second-order valence-corrected chi connectivity index (χ2v) is 7.83. The van der Waals surface area contributed by atoms with Gasteiger partial charge in [-0.1, -0.05) is 0 Å². The lowest BCUT2D eigenvalue weighted by atomic mass is 10.0. The maximum atomic E-state index is 12.4. The summed E-state index contributed by atoms with van der Waals surface area (Å²) in [4.78, 5) is 24.3. The molecule has 1 aromatic heterocycles. The molecule has 1 heterocycles. The zero-order valence-corrected chi connectivity index (χ0v) is 15.6. The molecule has 1 N–H and O–H groups in total. The lowest BCUT2D eigenvalue weighted by Crippen LogP contribution is -2.40. The summed E-state index contributed by atoms with van der Waals surface area (Å²) < 4.78 is 11.3. The van der Waals surface area contributed by atoms with Crippen LogP contribution in [0.4, 0.5) is 0 Å². The van der Waals surface area contributed by atoms with Crippen molar-refractivity contribution in [1.29, 1.82) is 0 Å². The molecule has 0 unspecified atom stereocenters. The monoisotopic (exact) mass is 355 g/mol. The predicted molar refractivity (Wildman–Crippen MR) is 99.6 cm³/mol. The third kappa shape index (κ3) is 3.35. The Balaban J connectivity index is 1.54. The minimum absolute atomic E-state index is 0.0217. The Morgan fingerprint density at radius 1 is 1.15 bits per heavy atom. The van der Waals surface area contributed by atoms with E-state index in [2.05, 4.69) is 5.32 Å². The number of benzene rings is 1. The molecule has 2 aromatic rings. The first-order valence-electron chi connectivity index (χ1n) is 9.41. The molecule has 0 aliphatic heterocycles. The summed E-state index contributed by atoms with van der Waals surface area (Å²) in [5.74, 6) is 1.83. The average Bonchev–Trinajstić information content (AvgIpc) is 3.47. The fourth-order valence-corrected chi connectivity index (χ4v) is 3.70. The Labute approximate surface area is 152 Å². The molecule has 1 aromatic carbocycles. The van der Waals surface area contributed by atoms with Crippen molar-refractivity contribution in [2.24, 2.45) is 11.8 Å². The van der Waals surface area contributed by atoms with E-state index in [1.54, 1.807) is 6.92 Å². The summed E-state index contributed by atoms with van der Waals surface area (Å²) in [6.45, 7) is 5.52. The molecule has 1 amide bonds. The topological polar surface area (TPSA) is 68.5 Å². The van der Waals surface area contributed by atoms with Gasteiger partial charge >= 0.3 is 5.63 Å². The van der Waals surface area contributed by atoms with Gasteiger partial charge in [0.05, 0.1) is 5.39 Å². The quantitative estimate of drug-likeness (QED) is 0.807. The van der Waals surface area contributed by atoms with E-state index in [-0.39, 0.29) is 18.1 Å². The van der Waals surface area contributed by atoms with Crippen molar-refractivity contribution in [2.75, 3.05) is 6.61 Å². The summed E-state index contributed by atoms with van der Waals surface area (Å²) in [6, 6.07) is 4.04. The molecular weight excluding hydrogens is 330 g/mol. The van der Waals surface area contributed by atoms with Crippen molar-refractivity contribution in [1.82, 2.24) is 5.32 Å². The van der Waals surface area contributed by atoms with E-state index in [0.717, 1.165) is 16.5 Å². The van der Waals surface area contributed by atoms with Gasteiger partial charge in [0.2, 0.25) is 0 Å². The van der Waals surface area contributed by atoms with Crippen molar-refractivity contribution in [3.8, 4) is 5.75 Å². The van der Waals surface area contributed by atoms with Crippen LogP contribution in [0.15, 0.2) is 21.3 Å². The van der Waals surface area contributed by atoms with E-state index >= 15 is 0 Å². The van der Waals surface area contributed by atoms with Crippen molar-refractivity contribution in [3.63, 3.8) is 0 Å². The molecule has 0 bridgehead atoms. The van der Waals surface area contributed by atoms with Crippen LogP contribution in [-0.4, -0.2) is 18.6 Å². The lowest BCUT2D eigenvalue weighted by Gasteiger charge is -2.18. The van der Waals surface area contributed by atoms with Crippen LogP contribution in [0, 0.1) is 32.6 Å². The van der Waals surface area contributed by atoms with E-state index in [4.69, 9.17) is 9.15 Å². The molecule has 2 saturated carbocycles. The van der Waals surface area contributed by atoms with Crippen LogP contribution in [0.3, 0.4) is 0 Å². The van der Waals surface area contributed by atoms with Crippen LogP contribution in [0.1, 0.15) is 42.4 Å². The summed E-state index contributed by atoms with van der Waals surface area (Å²) >= 11 is 0. The maximum Gasteiger partial charge on any atom is 0.339 e. The number of carbonyl (C=O) groups is 1. The normalized spacial score (nSPS) is 16.9. The van der Waals surface area contributed by atoms with E-state index < -0.39 is 0 Å². The van der Waals surface area contributed by atoms with Gasteiger partial charge in [0.1, 0.15) is 11.3 Å². The molecule has 0 atom stereocenters. The highest BCUT2D eigenvalue weighted by molar-refractivity contribution is 5.88. The van der Waals surface area contributed by atoms with E-state index in [1.165, 1.54) is 25.7 Å². The maximum absolute atomic E-state index is 12.4. The third-order valence-corrected chi connectivity index (χ3v) is 5.60. The molecule has 2 aliphatic carbocycles. The molecule has 5 nitrogen and oxygen atoms in total. The van der Waals surface area contributed by atoms with Gasteiger partial charge < -0.3 is 14.5 Å². The van der Waals surface area contributed by atoms with Crippen LogP contribution in [0.5, 0.6) is 5.75 Å². The number of amides is 1. The molecule has 0 spiro atoms. The Hall–Kier alpha value is -2.30. The minimum Gasteiger partial charge on any atom is -0.483 e. The van der Waals surface area contributed by atoms with Crippen LogP contribution in [0.25, 0.3) is 11.0 Å². The van der Waals surface area contributed by atoms with Crippen LogP contribution in [0.2, 0.25) is 0 Å². The standard InChI is InChI=1S/C21H25NO4/c1-11-8-16(19-12(2)13(3)21(24)26-17(19)9-11)25-10-18(23)22-20(14-4-5-14)15-6-7-15/h8-9,14-15,20H,4-7,10H2,1-3H3,(H,22,23). The first-order valence-corrected chi connectivity index (χ1v) is 9.41. The smallest absolute Gasteiger partial charge is 0.339 e. The van der Waals surface area contributed by atoms with Crippen molar-refractivity contribution in [3.05, 3.63) is 39.2 Å². The number of carbonyl (C=O) groups excluding carboxylic acids is 1. The van der Waals surface area contributed by atoms with Crippen molar-refractivity contribution >= 4 is 16.9 Å². The van der Waals surface area contributed by atoms with Crippen LogP contribution >= 0.6 is 0 Å². The number of nitrogens with one attached hydrogen (secondary N) is 1. The second kappa shape index (κ2) is 6.45. The van der Waals surface area contributed by atoms with Gasteiger partial charge in [-0.2, -0.15) is 0 Å². The third-order valence-electron chi connectivity index (χ3n) is 5.60. The number of hydrogen-bond acceptors (Lipinski definition) is 4. The second-order valence-electron chi connectivity index (χ2n) is 7.83. The van der Waals surface area contributed by atoms with Gasteiger partial charge in [0.25, 0.3) is 5.91 Å². The lowest BCUT2D eigenvalue weighted by molar-refractivity contribution is -0.124. The van der Waals surface area contributed by atoms with E-state index in [0.29, 0.717) is 34.8 Å². The molecule has 26 heavy (non-hydrogen) atoms. The summed E-state index contributed by atoms with van der Waals surface area (Å²) in [7, 11) is 0. The Kier molecular flexibility index (Phi) is 4.25. The minimum atomic E-state index is -0.332. The highest BCUT2D eigenvalue weighted by atomic mass is 16.5. The van der Waals surface area contributed by atoms with Crippen LogP contribution < -0.4 is 15.7 Å². The fraction of sp³-hybridized carbons (Fsp3) is 0.524. The fourth-order valence-electron chi connectivity index (χ4n) is 3.70. The summed E-state index contributed by atoms with van der Waals surface area (Å²) in [5, 5.41) is 3.94. The Morgan fingerprint density at radius 3 is 2.42 bits per heavy atom. The molecule has 2 aliphatic rings. The number of fused-ring (bicyclic) bond motifs is 1. The first kappa shape index (κ1) is 17.1. The van der Waals surface area contributed by atoms with E-state index in [9.17, 15) is 9.59 Å². The summed E-state index contributed by atoms with van der Waals surface area (Å²) in [6.07, 6.45) is 4.90. The molecule has 0 saturated heterocycles. The Morgan fingerprint density at radius 2 is 1.81 bits per heavy atom. The van der Waals surface area contributed by atoms with E-state index in [1.807, 2.05) is 26.0 Å². The van der Waals surface area contributed by atoms with Crippen LogP contribution in [-0.2, 0) is 4.79 Å². The number of aryl methyl sites for hydroxylation is 2. The van der Waals surface area contributed by atoms with Gasteiger partial charge in [-0.05, 0) is 81.5 Å². The molecule has 4 rings (SSSR count). The number of hydrogen-bond donors (Lipinski definition) is 1. The largest absolute Gasteiger partial charge is 0.483 e. The zero-order chi connectivity index (χ0) is 18.4. The number of rotatable bonds is 6. The summed E-state index contributed by atoms with van der Waals surface area (Å²) in [5.41, 5.74) is 2.50. The SMILES string of the molecule is Cc1cc(OCC(=O)NC(C2CC2)C2CC2)c2c(C)c(C)c(=O)oc2c1. The van der Waals surface area contributed by atoms with Crippen molar-refractivity contribution < 1.29 is 13.9 Å². The zero-order valence-electron chi connectivity index (χ0n) is 15.6. The molecular formula is C21H25NO4. The molecule has 138 valence electrons. The van der Waals surface area contributed by atoms with Gasteiger partial charge in [-0.15, -0.1) is 0 Å². The molecule has 0 radical (unpaired) electrons. The van der Waals surface area contributed by atoms with Gasteiger partial charge in [-0.3, -0.25) is 4.79 Å². The highest BCUT2D eigenvalue weighted by Gasteiger charge is 2.42. The Bertz CT molecular complexity index is 910. The van der Waals surface area contributed by atoms with Crippen molar-refractivity contribution in [2.45, 2.75) is 52.5 Å². The average molecular weight is 355 g/mol. The molecule has 2 fully saturated rings. The van der Waals surface area contributed by atoms with Gasteiger partial charge in [0, 0.05) is 11.6 Å². The molecule has 5 heteroatoms. The predicted octanol–water partition coefficient (Wildman–Crippen LogP) is 3.40. The first-order chi connectivity index (χ1) is 12.4. The number of ether oxygens (including phenoxy) is 1.